The molecule has 2 aromatic carbocycles. The van der Waals surface area contributed by atoms with Crippen LogP contribution in [0.1, 0.15) is 11.1 Å². The Balaban J connectivity index is 1.44. The lowest BCUT2D eigenvalue weighted by atomic mass is 10.1. The molecule has 4 nitrogen and oxygen atoms in total. The van der Waals surface area contributed by atoms with Gasteiger partial charge in [0.05, 0.1) is 6.54 Å². The van der Waals surface area contributed by atoms with Gasteiger partial charge in [0, 0.05) is 20.0 Å². The molecule has 0 bridgehead atoms. The van der Waals surface area contributed by atoms with Gasteiger partial charge in [-0.3, -0.25) is 4.99 Å². The lowest BCUT2D eigenvalue weighted by Gasteiger charge is -2.15. The molecule has 0 radical (unpaired) electrons. The van der Waals surface area contributed by atoms with Crippen molar-refractivity contribution in [3.8, 4) is 5.75 Å². The van der Waals surface area contributed by atoms with Crippen LogP contribution >= 0.6 is 0 Å². The van der Waals surface area contributed by atoms with Crippen LogP contribution < -0.4 is 15.4 Å². The predicted molar refractivity (Wildman–Crippen MR) is 94.0 cm³/mol. The molecule has 0 fully saturated rings. The number of nitrogens with one attached hydrogen (secondary N) is 2. The Morgan fingerprint density at radius 2 is 2.04 bits per heavy atom. The van der Waals surface area contributed by atoms with Crippen molar-refractivity contribution in [2.75, 3.05) is 20.1 Å². The van der Waals surface area contributed by atoms with E-state index in [1.165, 1.54) is 11.6 Å². The van der Waals surface area contributed by atoms with Crippen molar-refractivity contribution in [3.63, 3.8) is 0 Å². The van der Waals surface area contributed by atoms with Crippen LogP contribution in [-0.2, 0) is 12.8 Å². The van der Waals surface area contributed by atoms with E-state index in [2.05, 4.69) is 21.7 Å². The highest BCUT2D eigenvalue weighted by molar-refractivity contribution is 5.79. The number of hydrogen-bond donors (Lipinski definition) is 2. The second-order valence-electron chi connectivity index (χ2n) is 5.92. The number of benzene rings is 2. The molecule has 1 aliphatic heterocycles. The number of para-hydroxylation sites is 1. The monoisotopic (exact) mass is 345 g/mol. The topological polar surface area (TPSA) is 45.7 Å². The minimum absolute atomic E-state index is 0.0524. The van der Waals surface area contributed by atoms with Crippen molar-refractivity contribution < 1.29 is 13.5 Å². The molecule has 0 aliphatic carbocycles. The molecule has 1 heterocycles. The van der Waals surface area contributed by atoms with Gasteiger partial charge in [-0.15, -0.1) is 0 Å². The number of fused-ring (bicyclic) bond motifs is 1. The second kappa shape index (κ2) is 7.96. The van der Waals surface area contributed by atoms with Crippen LogP contribution in [0.25, 0.3) is 0 Å². The number of aliphatic imine (C=N–C) groups is 1. The van der Waals surface area contributed by atoms with E-state index in [1.54, 1.807) is 7.05 Å². The molecule has 0 saturated carbocycles. The quantitative estimate of drug-likeness (QED) is 0.647. The highest BCUT2D eigenvalue weighted by atomic mass is 19.1. The maximum absolute atomic E-state index is 13.6. The molecule has 2 aromatic rings. The summed E-state index contributed by atoms with van der Waals surface area (Å²) in [5.74, 6) is 0.704. The third-order valence-corrected chi connectivity index (χ3v) is 4.13. The van der Waals surface area contributed by atoms with Gasteiger partial charge in [0.2, 0.25) is 0 Å². The Kier molecular flexibility index (Phi) is 5.48. The van der Waals surface area contributed by atoms with Gasteiger partial charge in [-0.2, -0.15) is 0 Å². The van der Waals surface area contributed by atoms with Gasteiger partial charge in [0.15, 0.2) is 5.96 Å². The van der Waals surface area contributed by atoms with Crippen LogP contribution in [0.2, 0.25) is 0 Å². The summed E-state index contributed by atoms with van der Waals surface area (Å²) in [5, 5.41) is 6.31. The molecule has 0 aromatic heterocycles. The van der Waals surface area contributed by atoms with Crippen LogP contribution in [0, 0.1) is 11.6 Å². The second-order valence-corrected chi connectivity index (χ2v) is 5.92. The van der Waals surface area contributed by atoms with E-state index in [9.17, 15) is 8.78 Å². The zero-order valence-electron chi connectivity index (χ0n) is 14.1. The number of ether oxygens (including phenoxy) is 1. The first-order valence-electron chi connectivity index (χ1n) is 8.28. The van der Waals surface area contributed by atoms with Crippen molar-refractivity contribution in [2.24, 2.45) is 4.99 Å². The first-order chi connectivity index (χ1) is 12.2. The van der Waals surface area contributed by atoms with E-state index in [0.29, 0.717) is 31.0 Å². The number of hydrogen-bond acceptors (Lipinski definition) is 2. The molecule has 2 N–H and O–H groups in total. The summed E-state index contributed by atoms with van der Waals surface area (Å²) in [4.78, 5) is 4.14. The highest BCUT2D eigenvalue weighted by Crippen LogP contribution is 2.27. The molecule has 6 heteroatoms. The minimum Gasteiger partial charge on any atom is -0.488 e. The molecule has 3 rings (SSSR count). The molecular weight excluding hydrogens is 324 g/mol. The maximum Gasteiger partial charge on any atom is 0.191 e. The third kappa shape index (κ3) is 4.47. The molecule has 25 heavy (non-hydrogen) atoms. The van der Waals surface area contributed by atoms with Crippen LogP contribution in [-0.4, -0.2) is 32.2 Å². The molecule has 1 unspecified atom stereocenters. The van der Waals surface area contributed by atoms with Gasteiger partial charge >= 0.3 is 0 Å². The van der Waals surface area contributed by atoms with E-state index in [0.717, 1.165) is 24.3 Å². The molecule has 0 amide bonds. The van der Waals surface area contributed by atoms with Crippen LogP contribution in [0.3, 0.4) is 0 Å². The molecular formula is C19H21F2N3O. The Hall–Kier alpha value is -2.63. The van der Waals surface area contributed by atoms with Crippen molar-refractivity contribution in [1.29, 1.82) is 0 Å². The Labute approximate surface area is 145 Å². The first-order valence-corrected chi connectivity index (χ1v) is 8.28. The molecule has 1 aliphatic rings. The standard InChI is InChI=1S/C19H21F2N3O/c1-22-19(23-9-8-13-10-15(20)6-7-17(13)21)24-12-16-11-14-4-2-3-5-18(14)25-16/h2-7,10,16H,8-9,11-12H2,1H3,(H2,22,23,24). The molecule has 0 saturated heterocycles. The molecule has 1 atom stereocenters. The maximum atomic E-state index is 13.6. The fourth-order valence-electron chi connectivity index (χ4n) is 2.85. The van der Waals surface area contributed by atoms with Crippen LogP contribution in [0.15, 0.2) is 47.5 Å². The third-order valence-electron chi connectivity index (χ3n) is 4.13. The van der Waals surface area contributed by atoms with Crippen molar-refractivity contribution in [3.05, 3.63) is 65.2 Å². The van der Waals surface area contributed by atoms with Gasteiger partial charge in [-0.05, 0) is 41.8 Å². The van der Waals surface area contributed by atoms with Crippen LogP contribution in [0.4, 0.5) is 8.78 Å². The Morgan fingerprint density at radius 1 is 1.20 bits per heavy atom. The average Bonchev–Trinajstić information content (AvgIpc) is 3.03. The van der Waals surface area contributed by atoms with Gasteiger partial charge in [-0.25, -0.2) is 8.78 Å². The van der Waals surface area contributed by atoms with Crippen LogP contribution in [0.5, 0.6) is 5.75 Å². The smallest absolute Gasteiger partial charge is 0.191 e. The van der Waals surface area contributed by atoms with E-state index >= 15 is 0 Å². The van der Waals surface area contributed by atoms with E-state index in [-0.39, 0.29) is 6.10 Å². The number of rotatable bonds is 5. The summed E-state index contributed by atoms with van der Waals surface area (Å²) in [6, 6.07) is 11.5. The van der Waals surface area contributed by atoms with Gasteiger partial charge in [0.1, 0.15) is 23.5 Å². The number of halogens is 2. The van der Waals surface area contributed by atoms with E-state index in [1.807, 2.05) is 18.2 Å². The zero-order valence-corrected chi connectivity index (χ0v) is 14.1. The van der Waals surface area contributed by atoms with Crippen molar-refractivity contribution in [1.82, 2.24) is 10.6 Å². The first kappa shape index (κ1) is 17.2. The minimum atomic E-state index is -0.433. The van der Waals surface area contributed by atoms with Gasteiger partial charge < -0.3 is 15.4 Å². The summed E-state index contributed by atoms with van der Waals surface area (Å²) >= 11 is 0. The van der Waals surface area contributed by atoms with Crippen molar-refractivity contribution in [2.45, 2.75) is 18.9 Å². The Bertz CT molecular complexity index is 739. The number of guanidine groups is 1. The van der Waals surface area contributed by atoms with Gasteiger partial charge in [0.25, 0.3) is 0 Å². The SMILES string of the molecule is CN=C(NCCc1cc(F)ccc1F)NCC1Cc2ccccc2O1. The summed E-state index contributed by atoms with van der Waals surface area (Å²) < 4.78 is 32.6. The number of nitrogens with zero attached hydrogens (tertiary/aromatic N) is 1. The van der Waals surface area contributed by atoms with Crippen molar-refractivity contribution >= 4 is 5.96 Å². The fraction of sp³-hybridized carbons (Fsp3) is 0.316. The highest BCUT2D eigenvalue weighted by Gasteiger charge is 2.22. The summed E-state index contributed by atoms with van der Waals surface area (Å²) in [5.41, 5.74) is 1.55. The summed E-state index contributed by atoms with van der Waals surface area (Å²) in [6.07, 6.45) is 1.28. The largest absolute Gasteiger partial charge is 0.488 e. The Morgan fingerprint density at radius 3 is 2.84 bits per heavy atom. The lowest BCUT2D eigenvalue weighted by Crippen LogP contribution is -2.42. The zero-order chi connectivity index (χ0) is 17.6. The molecule has 132 valence electrons. The predicted octanol–water partition coefficient (Wildman–Crippen LogP) is 2.68. The van der Waals surface area contributed by atoms with E-state index < -0.39 is 11.6 Å². The fourth-order valence-corrected chi connectivity index (χ4v) is 2.85. The summed E-state index contributed by atoms with van der Waals surface area (Å²) in [7, 11) is 1.67. The normalized spacial score (nSPS) is 16.3. The lowest BCUT2D eigenvalue weighted by molar-refractivity contribution is 0.235. The summed E-state index contributed by atoms with van der Waals surface area (Å²) in [6.45, 7) is 1.06. The molecule has 0 spiro atoms. The van der Waals surface area contributed by atoms with Gasteiger partial charge in [-0.1, -0.05) is 18.2 Å². The average molecular weight is 345 g/mol. The van der Waals surface area contributed by atoms with E-state index in [4.69, 9.17) is 4.74 Å².